The van der Waals surface area contributed by atoms with Crippen LogP contribution in [0.15, 0.2) is 12.4 Å². The summed E-state index contributed by atoms with van der Waals surface area (Å²) in [6.45, 7) is 0. The Kier molecular flexibility index (Phi) is 3.32. The molecule has 0 aromatic carbocycles. The van der Waals surface area contributed by atoms with Crippen molar-refractivity contribution in [3.8, 4) is 0 Å². The van der Waals surface area contributed by atoms with E-state index in [0.717, 1.165) is 6.42 Å². The van der Waals surface area contributed by atoms with Crippen molar-refractivity contribution < 1.29 is 13.2 Å². The number of rotatable bonds is 1. The van der Waals surface area contributed by atoms with Gasteiger partial charge in [0.25, 0.3) is 0 Å². The molecular formula is C12H12ClF3N4. The molecule has 1 aliphatic rings. The molecule has 0 amide bonds. The van der Waals surface area contributed by atoms with Crippen molar-refractivity contribution in [2.75, 3.05) is 0 Å². The van der Waals surface area contributed by atoms with Crippen molar-refractivity contribution in [3.63, 3.8) is 0 Å². The van der Waals surface area contributed by atoms with Crippen molar-refractivity contribution in [1.29, 1.82) is 0 Å². The molecule has 2 aromatic heterocycles. The molecule has 0 N–H and O–H groups in total. The van der Waals surface area contributed by atoms with Gasteiger partial charge in [-0.2, -0.15) is 13.2 Å². The monoisotopic (exact) mass is 304 g/mol. The fourth-order valence-electron chi connectivity index (χ4n) is 2.91. The molecule has 1 aliphatic carbocycles. The average molecular weight is 305 g/mol. The molecule has 4 nitrogen and oxygen atoms in total. The molecule has 0 spiro atoms. The molecule has 1 fully saturated rings. The SMILES string of the molecule is FC(F)(F)C1CCCCC1c1nnc2cncc(Cl)n12. The maximum Gasteiger partial charge on any atom is 0.392 e. The molecule has 1 saturated carbocycles. The normalized spacial score (nSPS) is 24.2. The van der Waals surface area contributed by atoms with Crippen LogP contribution in [0.2, 0.25) is 5.15 Å². The van der Waals surface area contributed by atoms with E-state index in [1.54, 1.807) is 0 Å². The van der Waals surface area contributed by atoms with Crippen LogP contribution >= 0.6 is 11.6 Å². The summed E-state index contributed by atoms with van der Waals surface area (Å²) in [4.78, 5) is 3.86. The highest BCUT2D eigenvalue weighted by atomic mass is 35.5. The molecule has 0 radical (unpaired) electrons. The Morgan fingerprint density at radius 3 is 2.65 bits per heavy atom. The summed E-state index contributed by atoms with van der Waals surface area (Å²) >= 11 is 6.02. The number of hydrogen-bond acceptors (Lipinski definition) is 3. The van der Waals surface area contributed by atoms with Gasteiger partial charge in [0.1, 0.15) is 11.0 Å². The molecule has 0 aliphatic heterocycles. The Morgan fingerprint density at radius 1 is 1.15 bits per heavy atom. The summed E-state index contributed by atoms with van der Waals surface area (Å²) in [5, 5.41) is 8.03. The smallest absolute Gasteiger partial charge is 0.266 e. The summed E-state index contributed by atoms with van der Waals surface area (Å²) < 4.78 is 41.0. The van der Waals surface area contributed by atoms with Crippen LogP contribution in [0, 0.1) is 5.92 Å². The molecule has 0 bridgehead atoms. The first-order valence-electron chi connectivity index (χ1n) is 6.39. The number of hydrogen-bond donors (Lipinski definition) is 0. The van der Waals surface area contributed by atoms with Crippen molar-refractivity contribution in [1.82, 2.24) is 19.6 Å². The van der Waals surface area contributed by atoms with Crippen LogP contribution in [0.5, 0.6) is 0 Å². The maximum absolute atomic E-state index is 13.2. The van der Waals surface area contributed by atoms with Gasteiger partial charge < -0.3 is 0 Å². The van der Waals surface area contributed by atoms with Crippen LogP contribution in [0.3, 0.4) is 0 Å². The highest BCUT2D eigenvalue weighted by Crippen LogP contribution is 2.46. The lowest BCUT2D eigenvalue weighted by atomic mass is 9.78. The van der Waals surface area contributed by atoms with Gasteiger partial charge in [-0.25, -0.2) is 0 Å². The van der Waals surface area contributed by atoms with Gasteiger partial charge in [0.2, 0.25) is 0 Å². The molecule has 3 rings (SSSR count). The first-order chi connectivity index (χ1) is 9.48. The summed E-state index contributed by atoms with van der Waals surface area (Å²) in [5.74, 6) is -1.79. The number of halogens is 4. The van der Waals surface area contributed by atoms with E-state index in [1.807, 2.05) is 0 Å². The molecule has 2 heterocycles. The third kappa shape index (κ3) is 2.24. The van der Waals surface area contributed by atoms with Crippen LogP contribution in [-0.4, -0.2) is 25.8 Å². The van der Waals surface area contributed by atoms with Crippen LogP contribution in [0.1, 0.15) is 37.4 Å². The van der Waals surface area contributed by atoms with Crippen LogP contribution in [0.25, 0.3) is 5.65 Å². The van der Waals surface area contributed by atoms with Crippen molar-refractivity contribution in [2.24, 2.45) is 5.92 Å². The van der Waals surface area contributed by atoms with Gasteiger partial charge in [0.15, 0.2) is 5.65 Å². The van der Waals surface area contributed by atoms with E-state index in [4.69, 9.17) is 11.6 Å². The number of aromatic nitrogens is 4. The fourth-order valence-corrected chi connectivity index (χ4v) is 3.14. The van der Waals surface area contributed by atoms with Gasteiger partial charge in [-0.15, -0.1) is 10.2 Å². The molecule has 0 saturated heterocycles. The summed E-state index contributed by atoms with van der Waals surface area (Å²) in [6.07, 6.45) is 0.522. The molecule has 2 aromatic rings. The van der Waals surface area contributed by atoms with Crippen molar-refractivity contribution in [2.45, 2.75) is 37.8 Å². The third-order valence-corrected chi connectivity index (χ3v) is 4.08. The Bertz CT molecular complexity index is 625. The second-order valence-corrected chi connectivity index (χ2v) is 5.41. The van der Waals surface area contributed by atoms with Crippen molar-refractivity contribution in [3.05, 3.63) is 23.4 Å². The van der Waals surface area contributed by atoms with Gasteiger partial charge in [-0.1, -0.05) is 24.4 Å². The summed E-state index contributed by atoms with van der Waals surface area (Å²) in [7, 11) is 0. The van der Waals surface area contributed by atoms with E-state index in [-0.39, 0.29) is 17.4 Å². The Morgan fingerprint density at radius 2 is 1.90 bits per heavy atom. The lowest BCUT2D eigenvalue weighted by Crippen LogP contribution is -2.32. The zero-order valence-electron chi connectivity index (χ0n) is 10.4. The fraction of sp³-hybridized carbons (Fsp3) is 0.583. The lowest BCUT2D eigenvalue weighted by molar-refractivity contribution is -0.187. The number of nitrogens with zero attached hydrogens (tertiary/aromatic N) is 4. The van der Waals surface area contributed by atoms with Crippen LogP contribution < -0.4 is 0 Å². The standard InChI is InChI=1S/C12H12ClF3N4/c13-9-5-17-6-10-18-19-11(20(9)10)7-3-1-2-4-8(7)12(14,15)16/h5-8H,1-4H2. The summed E-state index contributed by atoms with van der Waals surface area (Å²) in [5.41, 5.74) is 0.374. The number of fused-ring (bicyclic) bond motifs is 1. The zero-order valence-corrected chi connectivity index (χ0v) is 11.2. The van der Waals surface area contributed by atoms with E-state index in [0.29, 0.717) is 18.5 Å². The second-order valence-electron chi connectivity index (χ2n) is 5.02. The predicted octanol–water partition coefficient (Wildman–Crippen LogP) is 3.61. The first kappa shape index (κ1) is 13.6. The lowest BCUT2D eigenvalue weighted by Gasteiger charge is -2.31. The van der Waals surface area contributed by atoms with E-state index in [2.05, 4.69) is 15.2 Å². The zero-order chi connectivity index (χ0) is 14.3. The molecule has 108 valence electrons. The van der Waals surface area contributed by atoms with Gasteiger partial charge >= 0.3 is 6.18 Å². The van der Waals surface area contributed by atoms with Crippen molar-refractivity contribution >= 4 is 17.2 Å². The van der Waals surface area contributed by atoms with Crippen LogP contribution in [-0.2, 0) is 0 Å². The van der Waals surface area contributed by atoms with E-state index < -0.39 is 18.0 Å². The molecular weight excluding hydrogens is 293 g/mol. The topological polar surface area (TPSA) is 43.1 Å². The minimum absolute atomic E-state index is 0.131. The van der Waals surface area contributed by atoms with Gasteiger partial charge in [0.05, 0.1) is 18.3 Å². The highest BCUT2D eigenvalue weighted by molar-refractivity contribution is 6.29. The predicted molar refractivity (Wildman–Crippen MR) is 66.5 cm³/mol. The summed E-state index contributed by atoms with van der Waals surface area (Å²) in [6, 6.07) is 0. The molecule has 2 unspecified atom stereocenters. The first-order valence-corrected chi connectivity index (χ1v) is 6.77. The Balaban J connectivity index is 2.09. The molecule has 20 heavy (non-hydrogen) atoms. The highest BCUT2D eigenvalue weighted by Gasteiger charge is 2.47. The maximum atomic E-state index is 13.2. The van der Waals surface area contributed by atoms with E-state index in [1.165, 1.54) is 16.8 Å². The minimum Gasteiger partial charge on any atom is -0.266 e. The van der Waals surface area contributed by atoms with E-state index in [9.17, 15) is 13.2 Å². The molecule has 2 atom stereocenters. The number of alkyl halides is 3. The Labute approximate surface area is 118 Å². The third-order valence-electron chi connectivity index (χ3n) is 3.82. The van der Waals surface area contributed by atoms with Crippen LogP contribution in [0.4, 0.5) is 13.2 Å². The largest absolute Gasteiger partial charge is 0.392 e. The quantitative estimate of drug-likeness (QED) is 0.808. The average Bonchev–Trinajstić information content (AvgIpc) is 2.83. The molecule has 8 heteroatoms. The second kappa shape index (κ2) is 4.87. The van der Waals surface area contributed by atoms with Gasteiger partial charge in [-0.05, 0) is 12.8 Å². The minimum atomic E-state index is -4.23. The Hall–Kier alpha value is -1.37. The van der Waals surface area contributed by atoms with Gasteiger partial charge in [0, 0.05) is 5.92 Å². The van der Waals surface area contributed by atoms with Gasteiger partial charge in [-0.3, -0.25) is 9.38 Å². The van der Waals surface area contributed by atoms with E-state index >= 15 is 0 Å².